The van der Waals surface area contributed by atoms with Crippen LogP contribution in [0.4, 0.5) is 0 Å². The molecule has 0 saturated carbocycles. The van der Waals surface area contributed by atoms with Gasteiger partial charge in [-0.05, 0) is 0 Å². The van der Waals surface area contributed by atoms with Crippen LogP contribution in [0, 0.1) is 5.92 Å². The van der Waals surface area contributed by atoms with Crippen molar-refractivity contribution in [3.63, 3.8) is 0 Å². The number of carbonyl (C=O) groups is 1. The zero-order valence-corrected chi connectivity index (χ0v) is 18.8. The Bertz CT molecular complexity index is 995. The normalized spacial score (nSPS) is 15.3. The first-order valence-corrected chi connectivity index (χ1v) is 11.6. The number of aromatic nitrogens is 1. The summed E-state index contributed by atoms with van der Waals surface area (Å²) in [6.45, 7) is 8.81. The van der Waals surface area contributed by atoms with E-state index in [1.807, 2.05) is 6.20 Å². The molecule has 0 bridgehead atoms. The predicted molar refractivity (Wildman–Crippen MR) is 117 cm³/mol. The van der Waals surface area contributed by atoms with E-state index in [4.69, 9.17) is 10.1 Å². The van der Waals surface area contributed by atoms with Crippen molar-refractivity contribution in [2.75, 3.05) is 13.1 Å². The van der Waals surface area contributed by atoms with E-state index in [9.17, 15) is 4.79 Å². The quantitative estimate of drug-likeness (QED) is 0.586. The van der Waals surface area contributed by atoms with E-state index in [0.717, 1.165) is 6.54 Å². The van der Waals surface area contributed by atoms with Crippen LogP contribution >= 0.6 is 0 Å². The van der Waals surface area contributed by atoms with Crippen molar-refractivity contribution in [2.45, 2.75) is 32.7 Å². The van der Waals surface area contributed by atoms with Crippen molar-refractivity contribution in [3.8, 4) is 20.1 Å². The second-order valence-corrected chi connectivity index (χ2v) is 10.9. The summed E-state index contributed by atoms with van der Waals surface area (Å²) in [5.41, 5.74) is 5.17. The molecule has 0 radical (unpaired) electrons. The summed E-state index contributed by atoms with van der Waals surface area (Å²) in [6.07, 6.45) is 2.01. The molecule has 0 amide bonds. The van der Waals surface area contributed by atoms with Gasteiger partial charge in [0.05, 0.1) is 0 Å². The first-order chi connectivity index (χ1) is 13.8. The van der Waals surface area contributed by atoms with Gasteiger partial charge in [0, 0.05) is 0 Å². The van der Waals surface area contributed by atoms with E-state index in [1.54, 1.807) is 0 Å². The number of aliphatic carboxylic acids is 1. The molecule has 1 aliphatic heterocycles. The third kappa shape index (κ3) is 4.53. The van der Waals surface area contributed by atoms with E-state index in [1.165, 1.54) is 31.3 Å². The van der Waals surface area contributed by atoms with Crippen LogP contribution in [-0.2, 0) is 16.8 Å². The molecule has 2 heterocycles. The fraction of sp³-hybridized carbons (Fsp3) is 0.333. The molecule has 0 aliphatic carbocycles. The number of carboxylic acid groups (broad SMARTS) is 1. The predicted octanol–water partition coefficient (Wildman–Crippen LogP) is 4.29. The topological polar surface area (TPSA) is 53.4 Å². The van der Waals surface area contributed by atoms with Crippen LogP contribution in [0.2, 0.25) is 0 Å². The summed E-state index contributed by atoms with van der Waals surface area (Å²) >= 11 is 0.205. The van der Waals surface area contributed by atoms with Crippen molar-refractivity contribution in [2.24, 2.45) is 5.92 Å². The van der Waals surface area contributed by atoms with Gasteiger partial charge in [-0.2, -0.15) is 0 Å². The first kappa shape index (κ1) is 20.1. The maximum atomic E-state index is 10.9. The molecule has 5 heteroatoms. The summed E-state index contributed by atoms with van der Waals surface area (Å²) in [4.78, 5) is 17.8. The van der Waals surface area contributed by atoms with Crippen molar-refractivity contribution in [1.29, 1.82) is 0 Å². The average molecular weight is 453 g/mol. The van der Waals surface area contributed by atoms with E-state index < -0.39 is 5.97 Å². The molecule has 0 spiro atoms. The van der Waals surface area contributed by atoms with Crippen LogP contribution in [0.25, 0.3) is 20.1 Å². The second-order valence-electron chi connectivity index (χ2n) is 8.78. The molecule has 29 heavy (non-hydrogen) atoms. The Kier molecular flexibility index (Phi) is 5.48. The zero-order valence-electron chi connectivity index (χ0n) is 17.1. The van der Waals surface area contributed by atoms with Crippen molar-refractivity contribution < 1.29 is 9.90 Å². The van der Waals surface area contributed by atoms with Gasteiger partial charge >= 0.3 is 178 Å². The Morgan fingerprint density at radius 2 is 1.69 bits per heavy atom. The molecule has 2 aromatic carbocycles. The zero-order chi connectivity index (χ0) is 20.6. The maximum absolute atomic E-state index is 10.9. The number of rotatable bonds is 5. The van der Waals surface area contributed by atoms with Gasteiger partial charge in [-0.1, -0.05) is 0 Å². The van der Waals surface area contributed by atoms with Gasteiger partial charge in [0.2, 0.25) is 0 Å². The minimum absolute atomic E-state index is 0.164. The number of hydrogen-bond donors (Lipinski definition) is 1. The Morgan fingerprint density at radius 1 is 1.07 bits per heavy atom. The first-order valence-electron chi connectivity index (χ1n) is 9.91. The van der Waals surface area contributed by atoms with Crippen LogP contribution < -0.4 is 0 Å². The summed E-state index contributed by atoms with van der Waals surface area (Å²) in [5.74, 6) is -0.885. The standard InChI is InChI=1S/C24H26N2O2Se/c1-24(2,3)20-10-8-18(9-11-20)22-25-12-21(29-22)17-6-4-16(5-7-17)13-26-14-19(15-26)23(27)28/h4-12,19H,13-15H2,1-3H3,(H,27,28). The van der Waals surface area contributed by atoms with E-state index in [0.29, 0.717) is 13.1 Å². The number of likely N-dealkylation sites (tertiary alicyclic amines) is 1. The molecular weight excluding hydrogens is 427 g/mol. The van der Waals surface area contributed by atoms with Gasteiger partial charge in [0.15, 0.2) is 0 Å². The van der Waals surface area contributed by atoms with Gasteiger partial charge in [0.25, 0.3) is 0 Å². The van der Waals surface area contributed by atoms with E-state index >= 15 is 0 Å². The number of benzene rings is 2. The fourth-order valence-corrected chi connectivity index (χ4v) is 5.49. The van der Waals surface area contributed by atoms with Gasteiger partial charge < -0.3 is 0 Å². The summed E-state index contributed by atoms with van der Waals surface area (Å²) in [7, 11) is 0. The molecule has 1 fully saturated rings. The fourth-order valence-electron chi connectivity index (χ4n) is 3.54. The van der Waals surface area contributed by atoms with Gasteiger partial charge in [-0.3, -0.25) is 0 Å². The monoisotopic (exact) mass is 454 g/mol. The molecule has 150 valence electrons. The van der Waals surface area contributed by atoms with E-state index in [2.05, 4.69) is 74.2 Å². The van der Waals surface area contributed by atoms with Crippen LogP contribution in [0.15, 0.2) is 54.7 Å². The van der Waals surface area contributed by atoms with Crippen molar-refractivity contribution in [1.82, 2.24) is 9.88 Å². The Hall–Kier alpha value is -2.20. The summed E-state index contributed by atoms with van der Waals surface area (Å²) in [5, 5.41) is 8.99. The molecule has 0 unspecified atom stereocenters. The summed E-state index contributed by atoms with van der Waals surface area (Å²) in [6, 6.07) is 17.4. The molecule has 1 N–H and O–H groups in total. The van der Waals surface area contributed by atoms with Crippen molar-refractivity contribution >= 4 is 20.5 Å². The molecule has 3 aromatic rings. The molecule has 1 aliphatic rings. The third-order valence-electron chi connectivity index (χ3n) is 5.45. The number of carboxylic acids is 1. The Labute approximate surface area is 178 Å². The van der Waals surface area contributed by atoms with Gasteiger partial charge in [0.1, 0.15) is 0 Å². The Morgan fingerprint density at radius 3 is 2.28 bits per heavy atom. The molecule has 4 nitrogen and oxygen atoms in total. The SMILES string of the molecule is CC(C)(C)c1ccc(-c2ncc(-c3ccc(CN4CC(C(=O)O)C4)cc3)[se]2)cc1. The summed E-state index contributed by atoms with van der Waals surface area (Å²) < 4.78 is 2.48. The van der Waals surface area contributed by atoms with Crippen LogP contribution in [-0.4, -0.2) is 48.6 Å². The van der Waals surface area contributed by atoms with Crippen LogP contribution in [0.1, 0.15) is 31.9 Å². The van der Waals surface area contributed by atoms with Gasteiger partial charge in [-0.15, -0.1) is 0 Å². The van der Waals surface area contributed by atoms with Crippen LogP contribution in [0.3, 0.4) is 0 Å². The number of hydrogen-bond acceptors (Lipinski definition) is 3. The molecule has 1 saturated heterocycles. The minimum atomic E-state index is -0.684. The van der Waals surface area contributed by atoms with E-state index in [-0.39, 0.29) is 25.8 Å². The molecule has 4 rings (SSSR count). The van der Waals surface area contributed by atoms with Crippen LogP contribution in [0.5, 0.6) is 0 Å². The van der Waals surface area contributed by atoms with Gasteiger partial charge in [-0.25, -0.2) is 0 Å². The number of nitrogens with zero attached hydrogens (tertiary/aromatic N) is 2. The second kappa shape index (κ2) is 7.91. The molecule has 0 atom stereocenters. The average Bonchev–Trinajstić information content (AvgIpc) is 3.14. The third-order valence-corrected chi connectivity index (χ3v) is 7.75. The molecular formula is C24H26N2O2Se. The molecule has 1 aromatic heterocycles. The Balaban J connectivity index is 1.42. The van der Waals surface area contributed by atoms with Crippen molar-refractivity contribution in [3.05, 3.63) is 65.9 Å².